The standard InChI is InChI=1S/C20H24N4O.C3H8/c1-23(2)16-9-5-14(6-10-16)18(13-21)19(20(22)25)15-7-11-17(12-8-15)24(3)4;1-3-2/h5-13,21H,1-4H3,(H2,22,25);3H2,1-2H3/b19-18+,21-13?;. The predicted molar refractivity (Wildman–Crippen MR) is 122 cm³/mol. The molecule has 0 saturated carbocycles. The van der Waals surface area contributed by atoms with Gasteiger partial charge in [-0.2, -0.15) is 0 Å². The minimum Gasteiger partial charge on any atom is -0.378 e. The first-order valence-electron chi connectivity index (χ1n) is 9.36. The Hall–Kier alpha value is -3.08. The van der Waals surface area contributed by atoms with Crippen molar-refractivity contribution in [1.82, 2.24) is 0 Å². The molecule has 0 bridgehead atoms. The Bertz CT molecular complexity index is 804. The van der Waals surface area contributed by atoms with Gasteiger partial charge in [-0.05, 0) is 35.4 Å². The second-order valence-electron chi connectivity index (χ2n) is 6.89. The second kappa shape index (κ2) is 10.9. The molecule has 1 amide bonds. The summed E-state index contributed by atoms with van der Waals surface area (Å²) in [6.45, 7) is 4.25. The third kappa shape index (κ3) is 5.98. The first kappa shape index (κ1) is 23.0. The van der Waals surface area contributed by atoms with Crippen LogP contribution in [0.4, 0.5) is 11.4 Å². The Balaban J connectivity index is 0.00000122. The van der Waals surface area contributed by atoms with Crippen molar-refractivity contribution in [2.75, 3.05) is 38.0 Å². The number of rotatable bonds is 6. The number of allylic oxidation sites excluding steroid dienone is 1. The van der Waals surface area contributed by atoms with Crippen LogP contribution in [0.15, 0.2) is 48.5 Å². The van der Waals surface area contributed by atoms with Gasteiger partial charge in [0.2, 0.25) is 5.91 Å². The summed E-state index contributed by atoms with van der Waals surface area (Å²) in [7, 11) is 7.83. The lowest BCUT2D eigenvalue weighted by atomic mass is 9.94. The predicted octanol–water partition coefficient (Wildman–Crippen LogP) is 4.28. The molecule has 5 nitrogen and oxygen atoms in total. The molecule has 0 unspecified atom stereocenters. The molecule has 0 radical (unpaired) electrons. The van der Waals surface area contributed by atoms with Gasteiger partial charge in [0.05, 0.1) is 5.57 Å². The minimum atomic E-state index is -0.548. The van der Waals surface area contributed by atoms with E-state index in [2.05, 4.69) is 13.8 Å². The quantitative estimate of drug-likeness (QED) is 0.446. The maximum Gasteiger partial charge on any atom is 0.249 e. The zero-order chi connectivity index (χ0) is 21.3. The monoisotopic (exact) mass is 380 g/mol. The highest BCUT2D eigenvalue weighted by molar-refractivity contribution is 6.35. The van der Waals surface area contributed by atoms with E-state index in [-0.39, 0.29) is 0 Å². The second-order valence-corrected chi connectivity index (χ2v) is 6.89. The Morgan fingerprint density at radius 1 is 0.857 bits per heavy atom. The maximum absolute atomic E-state index is 12.1. The zero-order valence-electron chi connectivity index (χ0n) is 17.8. The maximum atomic E-state index is 12.1. The van der Waals surface area contributed by atoms with Crippen molar-refractivity contribution in [3.8, 4) is 0 Å². The molecule has 0 fully saturated rings. The van der Waals surface area contributed by atoms with Crippen LogP contribution in [0.25, 0.3) is 11.1 Å². The van der Waals surface area contributed by atoms with Crippen LogP contribution in [-0.4, -0.2) is 40.3 Å². The van der Waals surface area contributed by atoms with Crippen LogP contribution in [0.5, 0.6) is 0 Å². The number of benzene rings is 2. The fourth-order valence-electron chi connectivity index (χ4n) is 2.60. The summed E-state index contributed by atoms with van der Waals surface area (Å²) < 4.78 is 0. The summed E-state index contributed by atoms with van der Waals surface area (Å²) in [4.78, 5) is 16.1. The van der Waals surface area contributed by atoms with E-state index in [1.807, 2.05) is 86.5 Å². The van der Waals surface area contributed by atoms with E-state index < -0.39 is 5.91 Å². The van der Waals surface area contributed by atoms with Gasteiger partial charge in [-0.3, -0.25) is 4.79 Å². The van der Waals surface area contributed by atoms with Crippen molar-refractivity contribution >= 4 is 34.6 Å². The van der Waals surface area contributed by atoms with Gasteiger partial charge in [0.1, 0.15) is 0 Å². The average molecular weight is 381 g/mol. The molecule has 2 aromatic rings. The largest absolute Gasteiger partial charge is 0.378 e. The number of carbonyl (C=O) groups excluding carboxylic acids is 1. The molecule has 150 valence electrons. The summed E-state index contributed by atoms with van der Waals surface area (Å²) in [6.07, 6.45) is 2.44. The molecule has 5 heteroatoms. The highest BCUT2D eigenvalue weighted by Gasteiger charge is 2.16. The normalized spacial score (nSPS) is 10.9. The number of hydrogen-bond acceptors (Lipinski definition) is 4. The van der Waals surface area contributed by atoms with Gasteiger partial charge in [0, 0.05) is 51.4 Å². The zero-order valence-corrected chi connectivity index (χ0v) is 17.8. The Morgan fingerprint density at radius 2 is 1.21 bits per heavy atom. The molecule has 0 heterocycles. The first-order chi connectivity index (χ1) is 13.3. The third-order valence-electron chi connectivity index (χ3n) is 4.03. The molecule has 0 aliphatic carbocycles. The van der Waals surface area contributed by atoms with Crippen molar-refractivity contribution in [1.29, 1.82) is 5.41 Å². The molecule has 0 atom stereocenters. The van der Waals surface area contributed by atoms with Gasteiger partial charge in [0.25, 0.3) is 0 Å². The van der Waals surface area contributed by atoms with E-state index >= 15 is 0 Å². The molecule has 0 spiro atoms. The summed E-state index contributed by atoms with van der Waals surface area (Å²) in [5, 5.41) is 7.81. The fourth-order valence-corrected chi connectivity index (χ4v) is 2.60. The summed E-state index contributed by atoms with van der Waals surface area (Å²) >= 11 is 0. The van der Waals surface area contributed by atoms with Crippen LogP contribution in [0.1, 0.15) is 31.4 Å². The van der Waals surface area contributed by atoms with Gasteiger partial charge in [0.15, 0.2) is 0 Å². The van der Waals surface area contributed by atoms with Crippen LogP contribution >= 0.6 is 0 Å². The summed E-state index contributed by atoms with van der Waals surface area (Å²) in [5.74, 6) is -0.548. The number of carbonyl (C=O) groups is 1. The van der Waals surface area contributed by atoms with E-state index in [0.29, 0.717) is 16.7 Å². The van der Waals surface area contributed by atoms with Gasteiger partial charge >= 0.3 is 0 Å². The van der Waals surface area contributed by atoms with E-state index in [4.69, 9.17) is 11.1 Å². The van der Waals surface area contributed by atoms with Gasteiger partial charge in [-0.15, -0.1) is 0 Å². The molecular formula is C23H32N4O. The lowest BCUT2D eigenvalue weighted by Crippen LogP contribution is -2.16. The molecule has 2 rings (SSSR count). The highest BCUT2D eigenvalue weighted by atomic mass is 16.1. The lowest BCUT2D eigenvalue weighted by molar-refractivity contribution is -0.112. The van der Waals surface area contributed by atoms with E-state index in [0.717, 1.165) is 16.9 Å². The fraction of sp³-hybridized carbons (Fsp3) is 0.304. The van der Waals surface area contributed by atoms with E-state index in [1.165, 1.54) is 12.6 Å². The molecule has 28 heavy (non-hydrogen) atoms. The van der Waals surface area contributed by atoms with Crippen LogP contribution in [0.2, 0.25) is 0 Å². The van der Waals surface area contributed by atoms with Crippen LogP contribution in [0, 0.1) is 5.41 Å². The number of anilines is 2. The van der Waals surface area contributed by atoms with Crippen molar-refractivity contribution in [2.45, 2.75) is 20.3 Å². The van der Waals surface area contributed by atoms with Crippen LogP contribution in [0.3, 0.4) is 0 Å². The summed E-state index contributed by atoms with van der Waals surface area (Å²) in [6, 6.07) is 15.3. The van der Waals surface area contributed by atoms with E-state index in [9.17, 15) is 4.79 Å². The number of amides is 1. The molecular weight excluding hydrogens is 348 g/mol. The van der Waals surface area contributed by atoms with E-state index in [1.54, 1.807) is 0 Å². The van der Waals surface area contributed by atoms with Gasteiger partial charge in [-0.25, -0.2) is 0 Å². The SMILES string of the molecule is CCC.CN(C)c1ccc(/C(C=N)=C(/C(N)=O)c2ccc(N(C)C)cc2)cc1. The molecule has 2 aromatic carbocycles. The number of primary amides is 1. The van der Waals surface area contributed by atoms with Crippen LogP contribution < -0.4 is 15.5 Å². The average Bonchev–Trinajstić information content (AvgIpc) is 2.66. The first-order valence-corrected chi connectivity index (χ1v) is 9.36. The summed E-state index contributed by atoms with van der Waals surface area (Å²) in [5.41, 5.74) is 10.1. The molecule has 0 aliphatic rings. The van der Waals surface area contributed by atoms with Crippen molar-refractivity contribution in [2.24, 2.45) is 5.73 Å². The minimum absolute atomic E-state index is 0.345. The smallest absolute Gasteiger partial charge is 0.249 e. The molecule has 0 saturated heterocycles. The number of nitrogens with one attached hydrogen (secondary N) is 1. The topological polar surface area (TPSA) is 73.4 Å². The third-order valence-corrected chi connectivity index (χ3v) is 4.03. The Labute approximate surface area is 169 Å². The van der Waals surface area contributed by atoms with Crippen molar-refractivity contribution in [3.63, 3.8) is 0 Å². The van der Waals surface area contributed by atoms with Crippen LogP contribution in [-0.2, 0) is 4.79 Å². The number of nitrogens with two attached hydrogens (primary N) is 1. The number of nitrogens with zero attached hydrogens (tertiary/aromatic N) is 2. The van der Waals surface area contributed by atoms with Gasteiger partial charge in [-0.1, -0.05) is 44.5 Å². The molecule has 0 aromatic heterocycles. The van der Waals surface area contributed by atoms with Gasteiger partial charge < -0.3 is 20.9 Å². The lowest BCUT2D eigenvalue weighted by Gasteiger charge is -2.16. The number of hydrogen-bond donors (Lipinski definition) is 2. The van der Waals surface area contributed by atoms with Crippen molar-refractivity contribution < 1.29 is 4.79 Å². The highest BCUT2D eigenvalue weighted by Crippen LogP contribution is 2.27. The molecule has 0 aliphatic heterocycles. The molecule has 3 N–H and O–H groups in total. The Morgan fingerprint density at radius 3 is 1.50 bits per heavy atom. The van der Waals surface area contributed by atoms with Crippen molar-refractivity contribution in [3.05, 3.63) is 59.7 Å². The Kier molecular flexibility index (Phi) is 8.96.